The Bertz CT molecular complexity index is 1700. The van der Waals surface area contributed by atoms with Gasteiger partial charge in [-0.25, -0.2) is 13.2 Å². The molecule has 0 radical (unpaired) electrons. The van der Waals surface area contributed by atoms with Gasteiger partial charge in [-0.05, 0) is 50.2 Å². The Labute approximate surface area is 242 Å². The number of benzene rings is 2. The Kier molecular flexibility index (Phi) is 8.29. The Morgan fingerprint density at radius 2 is 1.85 bits per heavy atom. The molecule has 1 aliphatic rings. The standard InChI is InChI=1S/C28H30N6O5S2/c1-4-24(26(35)29-18-10-12-19(13-11-18)41(37,38)33-28-32-31-17(3)40-28)39-27(36)25-20-8-6-7-9-22(20)30-23-14-15-34(5-2)16-21(23)25/h6-13,24H,4-5,14-16H2,1-3H3,(H,29,35)(H,32,33). The summed E-state index contributed by atoms with van der Waals surface area (Å²) >= 11 is 1.12. The van der Waals surface area contributed by atoms with Crippen molar-refractivity contribution in [1.82, 2.24) is 20.1 Å². The zero-order valence-electron chi connectivity index (χ0n) is 22.9. The third-order valence-corrected chi connectivity index (χ3v) is 9.11. The number of carbonyl (C=O) groups excluding carboxylic acids is 2. The number of ether oxygens (including phenoxy) is 1. The number of amides is 1. The zero-order valence-corrected chi connectivity index (χ0v) is 24.5. The van der Waals surface area contributed by atoms with Gasteiger partial charge in [0.05, 0.1) is 16.0 Å². The first kappa shape index (κ1) is 28.6. The molecule has 1 amide bonds. The topological polar surface area (TPSA) is 143 Å². The van der Waals surface area contributed by atoms with Crippen molar-refractivity contribution in [3.63, 3.8) is 0 Å². The summed E-state index contributed by atoms with van der Waals surface area (Å²) in [6, 6.07) is 13.1. The number of hydrogen-bond donors (Lipinski definition) is 2. The number of pyridine rings is 1. The fourth-order valence-corrected chi connectivity index (χ4v) is 6.53. The average molecular weight is 595 g/mol. The van der Waals surface area contributed by atoms with Gasteiger partial charge in [0.25, 0.3) is 15.9 Å². The normalized spacial score (nSPS) is 14.3. The van der Waals surface area contributed by atoms with Gasteiger partial charge in [-0.2, -0.15) is 0 Å². The highest BCUT2D eigenvalue weighted by molar-refractivity contribution is 7.93. The van der Waals surface area contributed by atoms with Crippen LogP contribution in [0.25, 0.3) is 10.9 Å². The molecule has 0 saturated carbocycles. The van der Waals surface area contributed by atoms with Crippen molar-refractivity contribution < 1.29 is 22.7 Å². The van der Waals surface area contributed by atoms with Crippen LogP contribution in [0.15, 0.2) is 53.4 Å². The number of aromatic nitrogens is 3. The Morgan fingerprint density at radius 3 is 2.54 bits per heavy atom. The second kappa shape index (κ2) is 11.9. The summed E-state index contributed by atoms with van der Waals surface area (Å²) in [4.78, 5) is 33.8. The minimum atomic E-state index is -3.88. The molecule has 11 nitrogen and oxygen atoms in total. The SMILES string of the molecule is CCC(OC(=O)c1c2c(nc3ccccc13)CCN(CC)C2)C(=O)Nc1ccc(S(=O)(=O)Nc2nnc(C)s2)cc1. The molecule has 1 unspecified atom stereocenters. The van der Waals surface area contributed by atoms with E-state index in [9.17, 15) is 18.0 Å². The molecule has 214 valence electrons. The highest BCUT2D eigenvalue weighted by atomic mass is 32.2. The monoisotopic (exact) mass is 594 g/mol. The van der Waals surface area contributed by atoms with E-state index in [2.05, 4.69) is 32.1 Å². The highest BCUT2D eigenvalue weighted by Gasteiger charge is 2.29. The van der Waals surface area contributed by atoms with E-state index < -0.39 is 28.0 Å². The maximum atomic E-state index is 13.6. The van der Waals surface area contributed by atoms with Crippen LogP contribution in [0.2, 0.25) is 0 Å². The number of rotatable bonds is 9. The minimum absolute atomic E-state index is 0.00252. The number of hydrogen-bond acceptors (Lipinski definition) is 10. The molecular formula is C28H30N6O5S2. The molecular weight excluding hydrogens is 564 g/mol. The summed E-state index contributed by atoms with van der Waals surface area (Å²) in [5.41, 5.74) is 3.24. The molecule has 2 N–H and O–H groups in total. The van der Waals surface area contributed by atoms with Crippen LogP contribution in [-0.2, 0) is 32.5 Å². The summed E-state index contributed by atoms with van der Waals surface area (Å²) in [6.07, 6.45) is -0.0728. The number of anilines is 2. The number of para-hydroxylation sites is 1. The van der Waals surface area contributed by atoms with Gasteiger partial charge < -0.3 is 10.1 Å². The van der Waals surface area contributed by atoms with E-state index in [1.54, 1.807) is 13.8 Å². The van der Waals surface area contributed by atoms with Gasteiger partial charge in [-0.3, -0.25) is 19.4 Å². The van der Waals surface area contributed by atoms with Crippen LogP contribution in [-0.4, -0.2) is 59.6 Å². The van der Waals surface area contributed by atoms with Crippen molar-refractivity contribution in [1.29, 1.82) is 0 Å². The lowest BCUT2D eigenvalue weighted by atomic mass is 9.95. The molecule has 3 heterocycles. The number of aryl methyl sites for hydroxylation is 1. The summed E-state index contributed by atoms with van der Waals surface area (Å²) < 4.78 is 33.5. The first-order chi connectivity index (χ1) is 19.7. The maximum Gasteiger partial charge on any atom is 0.340 e. The van der Waals surface area contributed by atoms with Crippen LogP contribution >= 0.6 is 11.3 Å². The van der Waals surface area contributed by atoms with Crippen LogP contribution in [0.5, 0.6) is 0 Å². The van der Waals surface area contributed by atoms with Crippen molar-refractivity contribution in [3.05, 3.63) is 70.4 Å². The second-order valence-electron chi connectivity index (χ2n) is 9.60. The van der Waals surface area contributed by atoms with E-state index >= 15 is 0 Å². The lowest BCUT2D eigenvalue weighted by molar-refractivity contribution is -0.124. The van der Waals surface area contributed by atoms with Gasteiger partial charge in [0.2, 0.25) is 5.13 Å². The fraction of sp³-hybridized carbons (Fsp3) is 0.321. The Hall–Kier alpha value is -3.94. The number of fused-ring (bicyclic) bond motifs is 2. The molecule has 2 aromatic heterocycles. The largest absolute Gasteiger partial charge is 0.449 e. The molecule has 2 aromatic carbocycles. The van der Waals surface area contributed by atoms with Crippen molar-refractivity contribution in [2.45, 2.75) is 51.2 Å². The smallest absolute Gasteiger partial charge is 0.340 e. The highest BCUT2D eigenvalue weighted by Crippen LogP contribution is 2.29. The lowest BCUT2D eigenvalue weighted by Gasteiger charge is -2.29. The Balaban J connectivity index is 1.32. The molecule has 4 aromatic rings. The summed E-state index contributed by atoms with van der Waals surface area (Å²) in [6.45, 7) is 7.85. The van der Waals surface area contributed by atoms with E-state index in [1.165, 1.54) is 24.3 Å². The fourth-order valence-electron chi connectivity index (χ4n) is 4.71. The first-order valence-corrected chi connectivity index (χ1v) is 15.6. The van der Waals surface area contributed by atoms with Crippen LogP contribution in [0.4, 0.5) is 10.8 Å². The zero-order chi connectivity index (χ0) is 29.1. The molecule has 41 heavy (non-hydrogen) atoms. The predicted molar refractivity (Wildman–Crippen MR) is 156 cm³/mol. The van der Waals surface area contributed by atoms with E-state index in [1.807, 2.05) is 24.3 Å². The quantitative estimate of drug-likeness (QED) is 0.273. The average Bonchev–Trinajstić information content (AvgIpc) is 3.37. The number of nitrogens with zero attached hydrogens (tertiary/aromatic N) is 4. The summed E-state index contributed by atoms with van der Waals surface area (Å²) in [7, 11) is -3.88. The number of nitrogens with one attached hydrogen (secondary N) is 2. The van der Waals surface area contributed by atoms with E-state index in [4.69, 9.17) is 9.72 Å². The first-order valence-electron chi connectivity index (χ1n) is 13.3. The molecule has 0 spiro atoms. The van der Waals surface area contributed by atoms with E-state index in [0.717, 1.165) is 42.1 Å². The molecule has 0 bridgehead atoms. The molecule has 5 rings (SSSR count). The predicted octanol–water partition coefficient (Wildman–Crippen LogP) is 4.15. The third-order valence-electron chi connectivity index (χ3n) is 6.87. The summed E-state index contributed by atoms with van der Waals surface area (Å²) in [5.74, 6) is -1.08. The number of sulfonamides is 1. The van der Waals surface area contributed by atoms with E-state index in [0.29, 0.717) is 33.7 Å². The van der Waals surface area contributed by atoms with Gasteiger partial charge in [-0.15, -0.1) is 10.2 Å². The maximum absolute atomic E-state index is 13.6. The molecule has 1 aliphatic heterocycles. The minimum Gasteiger partial charge on any atom is -0.449 e. The van der Waals surface area contributed by atoms with E-state index in [-0.39, 0.29) is 16.4 Å². The van der Waals surface area contributed by atoms with Gasteiger partial charge in [0, 0.05) is 41.8 Å². The number of carbonyl (C=O) groups is 2. The van der Waals surface area contributed by atoms with Crippen molar-refractivity contribution in [2.75, 3.05) is 23.1 Å². The van der Waals surface area contributed by atoms with Gasteiger partial charge in [0.1, 0.15) is 5.01 Å². The lowest BCUT2D eigenvalue weighted by Crippen LogP contribution is -2.35. The second-order valence-corrected chi connectivity index (χ2v) is 12.5. The van der Waals surface area contributed by atoms with Crippen LogP contribution in [0.3, 0.4) is 0 Å². The molecule has 0 aliphatic carbocycles. The molecule has 0 saturated heterocycles. The Morgan fingerprint density at radius 1 is 1.10 bits per heavy atom. The van der Waals surface area contributed by atoms with Crippen molar-refractivity contribution >= 4 is 55.0 Å². The van der Waals surface area contributed by atoms with Crippen LogP contribution < -0.4 is 10.0 Å². The molecule has 0 fully saturated rings. The van der Waals surface area contributed by atoms with Gasteiger partial charge in [0.15, 0.2) is 6.10 Å². The van der Waals surface area contributed by atoms with Gasteiger partial charge in [-0.1, -0.05) is 43.4 Å². The van der Waals surface area contributed by atoms with Crippen molar-refractivity contribution in [2.24, 2.45) is 0 Å². The number of likely N-dealkylation sites (N-methyl/N-ethyl adjacent to an activating group) is 1. The third kappa shape index (κ3) is 6.21. The number of esters is 1. The molecule has 13 heteroatoms. The van der Waals surface area contributed by atoms with Crippen molar-refractivity contribution in [3.8, 4) is 0 Å². The summed E-state index contributed by atoms with van der Waals surface area (Å²) in [5, 5.41) is 11.8. The molecule has 1 atom stereocenters. The van der Waals surface area contributed by atoms with Gasteiger partial charge >= 0.3 is 5.97 Å². The van der Waals surface area contributed by atoms with Crippen LogP contribution in [0, 0.1) is 6.92 Å². The van der Waals surface area contributed by atoms with Crippen LogP contribution in [0.1, 0.15) is 46.9 Å².